The number of aromatic nitrogens is 3. The SMILES string of the molecule is Cc1nc(-c2ccccc2)n(CC(=O)N2CCc3ccccc3C2)n1. The summed E-state index contributed by atoms with van der Waals surface area (Å²) in [6, 6.07) is 18.2. The highest BCUT2D eigenvalue weighted by atomic mass is 16.2. The third kappa shape index (κ3) is 3.18. The van der Waals surface area contributed by atoms with Crippen molar-refractivity contribution >= 4 is 5.91 Å². The van der Waals surface area contributed by atoms with E-state index in [-0.39, 0.29) is 12.5 Å². The normalized spacial score (nSPS) is 13.6. The van der Waals surface area contributed by atoms with Crippen molar-refractivity contribution in [2.45, 2.75) is 26.4 Å². The maximum absolute atomic E-state index is 12.8. The molecule has 2 heterocycles. The van der Waals surface area contributed by atoms with Crippen LogP contribution in [0, 0.1) is 6.92 Å². The third-order valence-electron chi connectivity index (χ3n) is 4.58. The monoisotopic (exact) mass is 332 g/mol. The van der Waals surface area contributed by atoms with E-state index in [4.69, 9.17) is 0 Å². The van der Waals surface area contributed by atoms with E-state index >= 15 is 0 Å². The molecule has 0 unspecified atom stereocenters. The van der Waals surface area contributed by atoms with Gasteiger partial charge in [-0.2, -0.15) is 5.10 Å². The summed E-state index contributed by atoms with van der Waals surface area (Å²) in [6.07, 6.45) is 0.907. The number of hydrogen-bond donors (Lipinski definition) is 0. The number of benzene rings is 2. The number of rotatable bonds is 3. The molecule has 0 saturated heterocycles. The van der Waals surface area contributed by atoms with Crippen LogP contribution >= 0.6 is 0 Å². The molecule has 0 saturated carbocycles. The van der Waals surface area contributed by atoms with E-state index in [0.717, 1.165) is 24.4 Å². The van der Waals surface area contributed by atoms with Crippen molar-refractivity contribution in [2.24, 2.45) is 0 Å². The van der Waals surface area contributed by atoms with Gasteiger partial charge in [0.2, 0.25) is 5.91 Å². The molecule has 1 aromatic heterocycles. The summed E-state index contributed by atoms with van der Waals surface area (Å²) in [4.78, 5) is 19.2. The first-order valence-electron chi connectivity index (χ1n) is 8.52. The zero-order chi connectivity index (χ0) is 17.2. The zero-order valence-corrected chi connectivity index (χ0v) is 14.2. The fraction of sp³-hybridized carbons (Fsp3) is 0.250. The van der Waals surface area contributed by atoms with Crippen molar-refractivity contribution in [1.29, 1.82) is 0 Å². The minimum atomic E-state index is 0.0802. The van der Waals surface area contributed by atoms with Crippen molar-refractivity contribution in [3.05, 3.63) is 71.5 Å². The number of aryl methyl sites for hydroxylation is 1. The van der Waals surface area contributed by atoms with E-state index in [1.807, 2.05) is 48.2 Å². The molecule has 5 heteroatoms. The minimum Gasteiger partial charge on any atom is -0.336 e. The molecule has 0 radical (unpaired) electrons. The average molecular weight is 332 g/mol. The van der Waals surface area contributed by atoms with Crippen LogP contribution in [0.15, 0.2) is 54.6 Å². The van der Waals surface area contributed by atoms with Crippen LogP contribution in [-0.4, -0.2) is 32.1 Å². The van der Waals surface area contributed by atoms with E-state index in [9.17, 15) is 4.79 Å². The zero-order valence-electron chi connectivity index (χ0n) is 14.2. The predicted octanol–water partition coefficient (Wildman–Crippen LogP) is 2.84. The summed E-state index contributed by atoms with van der Waals surface area (Å²) in [5.74, 6) is 1.50. The highest BCUT2D eigenvalue weighted by Crippen LogP contribution is 2.20. The van der Waals surface area contributed by atoms with Gasteiger partial charge >= 0.3 is 0 Å². The number of hydrogen-bond acceptors (Lipinski definition) is 3. The number of fused-ring (bicyclic) bond motifs is 1. The lowest BCUT2D eigenvalue weighted by Crippen LogP contribution is -2.38. The Balaban J connectivity index is 1.54. The summed E-state index contributed by atoms with van der Waals surface area (Å²) in [7, 11) is 0. The van der Waals surface area contributed by atoms with Crippen LogP contribution in [-0.2, 0) is 24.3 Å². The molecule has 0 spiro atoms. The molecule has 1 aliphatic rings. The van der Waals surface area contributed by atoms with Crippen LogP contribution < -0.4 is 0 Å². The van der Waals surface area contributed by atoms with Gasteiger partial charge in [-0.1, -0.05) is 54.6 Å². The first-order chi connectivity index (χ1) is 12.2. The first kappa shape index (κ1) is 15.6. The van der Waals surface area contributed by atoms with Crippen LogP contribution in [0.2, 0.25) is 0 Å². The van der Waals surface area contributed by atoms with Crippen molar-refractivity contribution in [3.8, 4) is 11.4 Å². The number of carbonyl (C=O) groups is 1. The Morgan fingerprint density at radius 3 is 2.56 bits per heavy atom. The lowest BCUT2D eigenvalue weighted by atomic mass is 10.00. The molecule has 4 rings (SSSR count). The molecular weight excluding hydrogens is 312 g/mol. The molecule has 5 nitrogen and oxygen atoms in total. The van der Waals surface area contributed by atoms with Crippen LogP contribution in [0.1, 0.15) is 17.0 Å². The maximum Gasteiger partial charge on any atom is 0.244 e. The van der Waals surface area contributed by atoms with Crippen LogP contribution in [0.4, 0.5) is 0 Å². The quantitative estimate of drug-likeness (QED) is 0.741. The van der Waals surface area contributed by atoms with Gasteiger partial charge in [0.15, 0.2) is 5.82 Å². The summed E-state index contributed by atoms with van der Waals surface area (Å²) >= 11 is 0. The van der Waals surface area contributed by atoms with Crippen LogP contribution in [0.5, 0.6) is 0 Å². The van der Waals surface area contributed by atoms with E-state index in [1.165, 1.54) is 11.1 Å². The Morgan fingerprint density at radius 2 is 1.76 bits per heavy atom. The van der Waals surface area contributed by atoms with E-state index in [1.54, 1.807) is 4.68 Å². The highest BCUT2D eigenvalue weighted by Gasteiger charge is 2.22. The Hall–Kier alpha value is -2.95. The van der Waals surface area contributed by atoms with Gasteiger partial charge in [0.05, 0.1) is 0 Å². The van der Waals surface area contributed by atoms with Gasteiger partial charge in [0.1, 0.15) is 12.4 Å². The number of nitrogens with zero attached hydrogens (tertiary/aromatic N) is 4. The van der Waals surface area contributed by atoms with Crippen molar-refractivity contribution in [3.63, 3.8) is 0 Å². The van der Waals surface area contributed by atoms with Crippen LogP contribution in [0.3, 0.4) is 0 Å². The lowest BCUT2D eigenvalue weighted by molar-refractivity contribution is -0.132. The van der Waals surface area contributed by atoms with Crippen molar-refractivity contribution < 1.29 is 4.79 Å². The number of carbonyl (C=O) groups excluding carboxylic acids is 1. The second kappa shape index (κ2) is 6.51. The molecule has 1 aliphatic heterocycles. The largest absolute Gasteiger partial charge is 0.336 e. The minimum absolute atomic E-state index is 0.0802. The van der Waals surface area contributed by atoms with Crippen molar-refractivity contribution in [1.82, 2.24) is 19.7 Å². The predicted molar refractivity (Wildman–Crippen MR) is 95.8 cm³/mol. The summed E-state index contributed by atoms with van der Waals surface area (Å²) in [5.41, 5.74) is 3.55. The van der Waals surface area contributed by atoms with Gasteiger partial charge in [-0.05, 0) is 24.5 Å². The fourth-order valence-electron chi connectivity index (χ4n) is 3.30. The Kier molecular flexibility index (Phi) is 4.06. The molecule has 3 aromatic rings. The van der Waals surface area contributed by atoms with Gasteiger partial charge in [-0.15, -0.1) is 0 Å². The van der Waals surface area contributed by atoms with E-state index < -0.39 is 0 Å². The summed E-state index contributed by atoms with van der Waals surface area (Å²) in [5, 5.41) is 4.42. The van der Waals surface area contributed by atoms with E-state index in [0.29, 0.717) is 12.4 Å². The second-order valence-electron chi connectivity index (χ2n) is 6.34. The molecule has 2 aromatic carbocycles. The Morgan fingerprint density at radius 1 is 1.04 bits per heavy atom. The molecule has 0 atom stereocenters. The number of amides is 1. The van der Waals surface area contributed by atoms with Gasteiger partial charge in [0.25, 0.3) is 0 Å². The second-order valence-corrected chi connectivity index (χ2v) is 6.34. The lowest BCUT2D eigenvalue weighted by Gasteiger charge is -2.29. The van der Waals surface area contributed by atoms with E-state index in [2.05, 4.69) is 28.3 Å². The maximum atomic E-state index is 12.8. The topological polar surface area (TPSA) is 51.0 Å². The molecular formula is C20H20N4O. The van der Waals surface area contributed by atoms with Gasteiger partial charge in [-0.25, -0.2) is 9.67 Å². The van der Waals surface area contributed by atoms with Gasteiger partial charge in [0, 0.05) is 18.7 Å². The molecule has 0 fully saturated rings. The first-order valence-corrected chi connectivity index (χ1v) is 8.52. The molecule has 0 N–H and O–H groups in total. The average Bonchev–Trinajstić information content (AvgIpc) is 3.02. The Bertz CT molecular complexity index is 901. The summed E-state index contributed by atoms with van der Waals surface area (Å²) < 4.78 is 1.72. The van der Waals surface area contributed by atoms with Crippen LogP contribution in [0.25, 0.3) is 11.4 Å². The fourth-order valence-corrected chi connectivity index (χ4v) is 3.30. The highest BCUT2D eigenvalue weighted by molar-refractivity contribution is 5.77. The molecule has 0 aliphatic carbocycles. The van der Waals surface area contributed by atoms with Gasteiger partial charge < -0.3 is 4.90 Å². The standard InChI is InChI=1S/C20H20N4O/c1-15-21-20(17-8-3-2-4-9-17)24(22-15)14-19(25)23-12-11-16-7-5-6-10-18(16)13-23/h2-10H,11-14H2,1H3. The molecule has 1 amide bonds. The molecule has 0 bridgehead atoms. The Labute approximate surface area is 146 Å². The molecule has 25 heavy (non-hydrogen) atoms. The third-order valence-corrected chi connectivity index (χ3v) is 4.58. The molecule has 126 valence electrons. The van der Waals surface area contributed by atoms with Crippen molar-refractivity contribution in [2.75, 3.05) is 6.54 Å². The summed E-state index contributed by atoms with van der Waals surface area (Å²) in [6.45, 7) is 3.49. The van der Waals surface area contributed by atoms with Gasteiger partial charge in [-0.3, -0.25) is 4.79 Å². The smallest absolute Gasteiger partial charge is 0.244 e.